The average Bonchev–Trinajstić information content (AvgIpc) is 2.80. The zero-order chi connectivity index (χ0) is 25.1. The van der Waals surface area contributed by atoms with Crippen molar-refractivity contribution >= 4 is 27.8 Å². The Morgan fingerprint density at radius 1 is 0.941 bits per heavy atom. The van der Waals surface area contributed by atoms with Crippen molar-refractivity contribution in [3.63, 3.8) is 0 Å². The maximum Gasteiger partial charge on any atom is 0.312 e. The predicted molar refractivity (Wildman–Crippen MR) is 127 cm³/mol. The molecule has 0 radical (unpaired) electrons. The first-order chi connectivity index (χ1) is 16.1. The molecule has 0 heterocycles. The van der Waals surface area contributed by atoms with Crippen LogP contribution in [0.25, 0.3) is 0 Å². The van der Waals surface area contributed by atoms with Gasteiger partial charge in [0, 0.05) is 17.7 Å². The Labute approximate surface area is 197 Å². The van der Waals surface area contributed by atoms with Gasteiger partial charge in [-0.05, 0) is 55.5 Å². The van der Waals surface area contributed by atoms with Crippen molar-refractivity contribution in [2.24, 2.45) is 5.73 Å². The smallest absolute Gasteiger partial charge is 0.312 e. The SMILES string of the molecule is Cc1ccc(S(=O)(=O)O)cc1.N=C(N)c1ccc(OC(=O)CCNC(=O)c2ccccc2)cc1. The number of carbonyl (C=O) groups is 2. The van der Waals surface area contributed by atoms with Crippen molar-refractivity contribution < 1.29 is 27.3 Å². The van der Waals surface area contributed by atoms with Crippen molar-refractivity contribution in [2.75, 3.05) is 6.54 Å². The number of hydrogen-bond acceptors (Lipinski definition) is 6. The molecule has 9 nitrogen and oxygen atoms in total. The summed E-state index contributed by atoms with van der Waals surface area (Å²) in [5.74, 6) is -0.362. The molecule has 0 aromatic heterocycles. The zero-order valence-electron chi connectivity index (χ0n) is 18.4. The lowest BCUT2D eigenvalue weighted by molar-refractivity contribution is -0.134. The van der Waals surface area contributed by atoms with Crippen molar-refractivity contribution in [1.29, 1.82) is 5.41 Å². The first kappa shape index (κ1) is 26.2. The van der Waals surface area contributed by atoms with Gasteiger partial charge >= 0.3 is 5.97 Å². The minimum Gasteiger partial charge on any atom is -0.426 e. The van der Waals surface area contributed by atoms with Crippen LogP contribution in [0.3, 0.4) is 0 Å². The number of nitrogens with one attached hydrogen (secondary N) is 2. The van der Waals surface area contributed by atoms with Crippen molar-refractivity contribution in [3.05, 3.63) is 95.6 Å². The van der Waals surface area contributed by atoms with E-state index < -0.39 is 16.1 Å². The number of ether oxygens (including phenoxy) is 1. The van der Waals surface area contributed by atoms with E-state index in [-0.39, 0.29) is 29.6 Å². The van der Waals surface area contributed by atoms with Crippen LogP contribution in [0.15, 0.2) is 83.8 Å². The lowest BCUT2D eigenvalue weighted by Crippen LogP contribution is -2.27. The second-order valence-corrected chi connectivity index (χ2v) is 8.49. The molecule has 0 saturated carbocycles. The molecule has 0 aliphatic rings. The van der Waals surface area contributed by atoms with Gasteiger partial charge in [0.25, 0.3) is 16.0 Å². The minimum atomic E-state index is -4.02. The maximum absolute atomic E-state index is 11.8. The van der Waals surface area contributed by atoms with E-state index in [1.165, 1.54) is 12.1 Å². The number of amidine groups is 1. The van der Waals surface area contributed by atoms with E-state index in [1.807, 2.05) is 13.0 Å². The van der Waals surface area contributed by atoms with Gasteiger partial charge in [0.1, 0.15) is 11.6 Å². The third-order valence-electron chi connectivity index (χ3n) is 4.37. The molecule has 0 aliphatic heterocycles. The van der Waals surface area contributed by atoms with Gasteiger partial charge in [-0.3, -0.25) is 19.6 Å². The molecular formula is C24H25N3O6S. The second-order valence-electron chi connectivity index (χ2n) is 7.07. The Kier molecular flexibility index (Phi) is 9.48. The molecule has 10 heteroatoms. The summed E-state index contributed by atoms with van der Waals surface area (Å²) in [6.07, 6.45) is 0.0625. The third-order valence-corrected chi connectivity index (χ3v) is 5.23. The van der Waals surface area contributed by atoms with Gasteiger partial charge in [-0.25, -0.2) is 0 Å². The third kappa shape index (κ3) is 8.85. The Balaban J connectivity index is 0.000000310. The lowest BCUT2D eigenvalue weighted by Gasteiger charge is -2.07. The summed E-state index contributed by atoms with van der Waals surface area (Å²) in [6.45, 7) is 2.03. The summed E-state index contributed by atoms with van der Waals surface area (Å²) in [6, 6.07) is 21.1. The van der Waals surface area contributed by atoms with Crippen molar-refractivity contribution in [2.45, 2.75) is 18.2 Å². The van der Waals surface area contributed by atoms with Crippen molar-refractivity contribution in [3.8, 4) is 5.75 Å². The van der Waals surface area contributed by atoms with Gasteiger partial charge in [-0.2, -0.15) is 8.42 Å². The number of esters is 1. The minimum absolute atomic E-state index is 0.0495. The van der Waals surface area contributed by atoms with E-state index in [9.17, 15) is 18.0 Å². The standard InChI is InChI=1S/C17H17N3O3.C7H8O3S/c18-16(19)12-6-8-14(9-7-12)23-15(21)10-11-20-17(22)13-4-2-1-3-5-13;1-6-2-4-7(5-3-6)11(8,9)10/h1-9H,10-11H2,(H3,18,19)(H,20,22);2-5H,1H3,(H,8,9,10). The van der Waals surface area contributed by atoms with Gasteiger partial charge in [0.15, 0.2) is 0 Å². The summed E-state index contributed by atoms with van der Waals surface area (Å²) in [4.78, 5) is 23.4. The van der Waals surface area contributed by atoms with Crippen LogP contribution >= 0.6 is 0 Å². The van der Waals surface area contributed by atoms with E-state index in [0.717, 1.165) is 5.56 Å². The number of hydrogen-bond donors (Lipinski definition) is 4. The molecule has 0 spiro atoms. The fourth-order valence-electron chi connectivity index (χ4n) is 2.56. The molecule has 0 unspecified atom stereocenters. The molecule has 3 aromatic rings. The number of aryl methyl sites for hydroxylation is 1. The highest BCUT2D eigenvalue weighted by Crippen LogP contribution is 2.12. The Bertz CT molecular complexity index is 1230. The van der Waals surface area contributed by atoms with Crippen LogP contribution in [0.5, 0.6) is 5.75 Å². The molecule has 3 rings (SSSR count). The summed E-state index contributed by atoms with van der Waals surface area (Å²) < 4.78 is 34.7. The fraction of sp³-hybridized carbons (Fsp3) is 0.125. The van der Waals surface area contributed by atoms with Crippen LogP contribution in [0.1, 0.15) is 27.9 Å². The van der Waals surface area contributed by atoms with E-state index in [2.05, 4.69) is 5.32 Å². The topological polar surface area (TPSA) is 160 Å². The second kappa shape index (κ2) is 12.3. The first-order valence-corrected chi connectivity index (χ1v) is 11.5. The van der Waals surface area contributed by atoms with Gasteiger partial charge in [0.05, 0.1) is 11.3 Å². The number of benzene rings is 3. The largest absolute Gasteiger partial charge is 0.426 e. The molecule has 1 amide bonds. The van der Waals surface area contributed by atoms with E-state index in [4.69, 9.17) is 20.4 Å². The molecule has 0 saturated heterocycles. The highest BCUT2D eigenvalue weighted by molar-refractivity contribution is 7.85. The summed E-state index contributed by atoms with van der Waals surface area (Å²) in [5.41, 5.74) is 7.40. The lowest BCUT2D eigenvalue weighted by atomic mass is 10.2. The quantitative estimate of drug-likeness (QED) is 0.132. The van der Waals surface area contributed by atoms with Gasteiger partial charge in [0.2, 0.25) is 0 Å². The molecule has 0 fully saturated rings. The highest BCUT2D eigenvalue weighted by atomic mass is 32.2. The Morgan fingerprint density at radius 3 is 2.06 bits per heavy atom. The average molecular weight is 484 g/mol. The molecule has 178 valence electrons. The van der Waals surface area contributed by atoms with Gasteiger partial charge < -0.3 is 15.8 Å². The van der Waals surface area contributed by atoms with E-state index in [1.54, 1.807) is 60.7 Å². The van der Waals surface area contributed by atoms with Crippen LogP contribution in [-0.4, -0.2) is 37.2 Å². The van der Waals surface area contributed by atoms with Gasteiger partial charge in [-0.1, -0.05) is 35.9 Å². The number of nitrogens with two attached hydrogens (primary N) is 1. The van der Waals surface area contributed by atoms with E-state index in [0.29, 0.717) is 16.9 Å². The maximum atomic E-state index is 11.8. The Morgan fingerprint density at radius 2 is 1.53 bits per heavy atom. The monoisotopic (exact) mass is 483 g/mol. The molecule has 5 N–H and O–H groups in total. The predicted octanol–water partition coefficient (Wildman–Crippen LogP) is 2.94. The molecule has 34 heavy (non-hydrogen) atoms. The summed E-state index contributed by atoms with van der Waals surface area (Å²) in [5, 5.41) is 9.93. The number of rotatable bonds is 7. The number of nitrogen functional groups attached to an aromatic ring is 1. The Hall–Kier alpha value is -4.02. The van der Waals surface area contributed by atoms with Gasteiger partial charge in [-0.15, -0.1) is 0 Å². The molecule has 3 aromatic carbocycles. The van der Waals surface area contributed by atoms with Crippen LogP contribution in [0, 0.1) is 12.3 Å². The van der Waals surface area contributed by atoms with Crippen LogP contribution < -0.4 is 15.8 Å². The molecular weight excluding hydrogens is 458 g/mol. The summed E-state index contributed by atoms with van der Waals surface area (Å²) in [7, 11) is -4.02. The van der Waals surface area contributed by atoms with Crippen LogP contribution in [0.4, 0.5) is 0 Å². The first-order valence-electron chi connectivity index (χ1n) is 10.1. The molecule has 0 atom stereocenters. The van der Waals surface area contributed by atoms with Crippen LogP contribution in [0.2, 0.25) is 0 Å². The van der Waals surface area contributed by atoms with E-state index >= 15 is 0 Å². The van der Waals surface area contributed by atoms with Crippen molar-refractivity contribution in [1.82, 2.24) is 5.32 Å². The summed E-state index contributed by atoms with van der Waals surface area (Å²) >= 11 is 0. The highest BCUT2D eigenvalue weighted by Gasteiger charge is 2.09. The fourth-order valence-corrected chi connectivity index (χ4v) is 3.04. The normalized spacial score (nSPS) is 10.4. The van der Waals surface area contributed by atoms with Crippen LogP contribution in [-0.2, 0) is 14.9 Å². The number of carbonyl (C=O) groups excluding carboxylic acids is 2. The molecule has 0 bridgehead atoms. The number of amides is 1. The zero-order valence-corrected chi connectivity index (χ0v) is 19.2. The molecule has 0 aliphatic carbocycles.